The van der Waals surface area contributed by atoms with E-state index in [1.807, 2.05) is 42.6 Å². The van der Waals surface area contributed by atoms with Gasteiger partial charge in [0.2, 0.25) is 0 Å². The van der Waals surface area contributed by atoms with Crippen molar-refractivity contribution in [3.63, 3.8) is 0 Å². The molecular formula is C22H22N2O2. The minimum absolute atomic E-state index is 0.0901. The van der Waals surface area contributed by atoms with E-state index in [1.54, 1.807) is 0 Å². The van der Waals surface area contributed by atoms with Gasteiger partial charge in [0.25, 0.3) is 0 Å². The van der Waals surface area contributed by atoms with Crippen LogP contribution < -0.4 is 0 Å². The second-order valence-corrected chi connectivity index (χ2v) is 6.91. The number of aromatic nitrogens is 1. The van der Waals surface area contributed by atoms with Gasteiger partial charge in [0.05, 0.1) is 11.6 Å². The zero-order valence-corrected chi connectivity index (χ0v) is 14.8. The number of para-hydroxylation sites is 1. The third kappa shape index (κ3) is 2.86. The smallest absolute Gasteiger partial charge is 0.320 e. The Labute approximate surface area is 153 Å². The zero-order valence-electron chi connectivity index (χ0n) is 14.8. The van der Waals surface area contributed by atoms with Gasteiger partial charge in [-0.3, -0.25) is 14.7 Å². The van der Waals surface area contributed by atoms with E-state index in [0.29, 0.717) is 6.42 Å². The first kappa shape index (κ1) is 16.7. The summed E-state index contributed by atoms with van der Waals surface area (Å²) >= 11 is 0. The fourth-order valence-corrected chi connectivity index (χ4v) is 4.14. The predicted octanol–water partition coefficient (Wildman–Crippen LogP) is 4.18. The predicted molar refractivity (Wildman–Crippen MR) is 102 cm³/mol. The quantitative estimate of drug-likeness (QED) is 0.770. The molecule has 2 atom stereocenters. The fourth-order valence-electron chi connectivity index (χ4n) is 4.14. The first-order valence-corrected chi connectivity index (χ1v) is 9.04. The molecule has 2 unspecified atom stereocenters. The van der Waals surface area contributed by atoms with Crippen molar-refractivity contribution in [2.75, 3.05) is 6.54 Å². The molecule has 0 aliphatic carbocycles. The van der Waals surface area contributed by atoms with Gasteiger partial charge in [-0.15, -0.1) is 0 Å². The molecule has 1 aliphatic heterocycles. The number of rotatable bonds is 4. The molecule has 0 saturated carbocycles. The lowest BCUT2D eigenvalue weighted by atomic mass is 9.91. The second-order valence-electron chi connectivity index (χ2n) is 6.91. The number of fused-ring (bicyclic) bond motifs is 1. The van der Waals surface area contributed by atoms with E-state index in [1.165, 1.54) is 5.56 Å². The molecule has 0 amide bonds. The molecular weight excluding hydrogens is 324 g/mol. The summed E-state index contributed by atoms with van der Waals surface area (Å²) in [5, 5.41) is 10.8. The highest BCUT2D eigenvalue weighted by Gasteiger charge is 2.37. The van der Waals surface area contributed by atoms with Crippen LogP contribution in [-0.4, -0.2) is 33.5 Å². The third-order valence-electron chi connectivity index (χ3n) is 5.37. The van der Waals surface area contributed by atoms with Crippen LogP contribution in [-0.2, 0) is 4.79 Å². The highest BCUT2D eigenvalue weighted by molar-refractivity contribution is 5.83. The van der Waals surface area contributed by atoms with Gasteiger partial charge in [-0.1, -0.05) is 42.5 Å². The van der Waals surface area contributed by atoms with Crippen LogP contribution in [0.25, 0.3) is 10.9 Å². The molecule has 2 heterocycles. The number of carbonyl (C=O) groups is 1. The molecule has 1 fully saturated rings. The number of carboxylic acid groups (broad SMARTS) is 1. The first-order chi connectivity index (χ1) is 12.7. The Balaban J connectivity index is 1.94. The molecule has 4 rings (SSSR count). The lowest BCUT2D eigenvalue weighted by molar-refractivity contribution is -0.142. The van der Waals surface area contributed by atoms with E-state index < -0.39 is 12.0 Å². The maximum Gasteiger partial charge on any atom is 0.320 e. The lowest BCUT2D eigenvalue weighted by Gasteiger charge is -2.33. The molecule has 26 heavy (non-hydrogen) atoms. The number of likely N-dealkylation sites (tertiary alicyclic amines) is 1. The van der Waals surface area contributed by atoms with Crippen molar-refractivity contribution >= 4 is 16.9 Å². The van der Waals surface area contributed by atoms with Crippen molar-refractivity contribution in [2.45, 2.75) is 31.8 Å². The van der Waals surface area contributed by atoms with Crippen molar-refractivity contribution in [3.8, 4) is 0 Å². The largest absolute Gasteiger partial charge is 0.480 e. The summed E-state index contributed by atoms with van der Waals surface area (Å²) in [5.74, 6) is -0.737. The summed E-state index contributed by atoms with van der Waals surface area (Å²) in [7, 11) is 0. The summed E-state index contributed by atoms with van der Waals surface area (Å²) < 4.78 is 0. The topological polar surface area (TPSA) is 53.4 Å². The second kappa shape index (κ2) is 6.89. The van der Waals surface area contributed by atoms with Gasteiger partial charge in [0.15, 0.2) is 0 Å². The molecule has 1 aromatic heterocycles. The SMILES string of the molecule is Cc1ccccc1C(c1ccnc2ccccc12)N1CCCC1C(=O)O. The molecule has 3 aromatic rings. The molecule has 4 heteroatoms. The Bertz CT molecular complexity index is 948. The van der Waals surface area contributed by atoms with Crippen LogP contribution >= 0.6 is 0 Å². The van der Waals surface area contributed by atoms with Gasteiger partial charge in [0.1, 0.15) is 6.04 Å². The molecule has 4 nitrogen and oxygen atoms in total. The minimum atomic E-state index is -0.737. The molecule has 1 N–H and O–H groups in total. The van der Waals surface area contributed by atoms with Crippen molar-refractivity contribution in [3.05, 3.63) is 77.5 Å². The first-order valence-electron chi connectivity index (χ1n) is 9.04. The van der Waals surface area contributed by atoms with Crippen LogP contribution in [0.3, 0.4) is 0 Å². The third-order valence-corrected chi connectivity index (χ3v) is 5.37. The van der Waals surface area contributed by atoms with Gasteiger partial charge in [-0.05, 0) is 48.6 Å². The maximum atomic E-state index is 11.9. The summed E-state index contributed by atoms with van der Waals surface area (Å²) in [6.07, 6.45) is 3.43. The Morgan fingerprint density at radius 3 is 2.69 bits per heavy atom. The summed E-state index contributed by atoms with van der Waals surface area (Å²) in [4.78, 5) is 18.5. The number of pyridine rings is 1. The maximum absolute atomic E-state index is 11.9. The van der Waals surface area contributed by atoms with E-state index in [4.69, 9.17) is 0 Å². The average molecular weight is 346 g/mol. The average Bonchev–Trinajstić information content (AvgIpc) is 3.13. The van der Waals surface area contributed by atoms with Gasteiger partial charge in [-0.2, -0.15) is 0 Å². The van der Waals surface area contributed by atoms with Crippen molar-refractivity contribution in [1.29, 1.82) is 0 Å². The number of benzene rings is 2. The standard InChI is InChI=1S/C22H22N2O2/c1-15-7-2-3-8-16(15)21(24-14-6-11-20(24)22(25)26)18-12-13-23-19-10-5-4-9-17(18)19/h2-5,7-10,12-13,20-21H,6,11,14H2,1H3,(H,25,26). The summed E-state index contributed by atoms with van der Waals surface area (Å²) in [5.41, 5.74) is 4.40. The van der Waals surface area contributed by atoms with Gasteiger partial charge >= 0.3 is 5.97 Å². The van der Waals surface area contributed by atoms with Crippen LogP contribution in [0.5, 0.6) is 0 Å². The summed E-state index contributed by atoms with van der Waals surface area (Å²) in [6, 6.07) is 17.9. The lowest BCUT2D eigenvalue weighted by Crippen LogP contribution is -2.39. The Kier molecular flexibility index (Phi) is 4.43. The van der Waals surface area contributed by atoms with Gasteiger partial charge in [0, 0.05) is 18.1 Å². The number of hydrogen-bond donors (Lipinski definition) is 1. The Hall–Kier alpha value is -2.72. The number of nitrogens with zero attached hydrogens (tertiary/aromatic N) is 2. The Morgan fingerprint density at radius 2 is 1.88 bits per heavy atom. The van der Waals surface area contributed by atoms with E-state index in [2.05, 4.69) is 35.0 Å². The van der Waals surface area contributed by atoms with Crippen LogP contribution in [0.1, 0.15) is 35.6 Å². The van der Waals surface area contributed by atoms with E-state index >= 15 is 0 Å². The van der Waals surface area contributed by atoms with E-state index in [0.717, 1.165) is 35.0 Å². The van der Waals surface area contributed by atoms with Crippen molar-refractivity contribution in [2.24, 2.45) is 0 Å². The van der Waals surface area contributed by atoms with E-state index in [-0.39, 0.29) is 6.04 Å². The van der Waals surface area contributed by atoms with Crippen LogP contribution in [0.15, 0.2) is 60.8 Å². The molecule has 0 bridgehead atoms. The molecule has 0 spiro atoms. The number of carboxylic acids is 1. The minimum Gasteiger partial charge on any atom is -0.480 e. The highest BCUT2D eigenvalue weighted by Crippen LogP contribution is 2.38. The van der Waals surface area contributed by atoms with Crippen molar-refractivity contribution in [1.82, 2.24) is 9.88 Å². The monoisotopic (exact) mass is 346 g/mol. The Morgan fingerprint density at radius 1 is 1.12 bits per heavy atom. The van der Waals surface area contributed by atoms with Crippen LogP contribution in [0, 0.1) is 6.92 Å². The van der Waals surface area contributed by atoms with Crippen LogP contribution in [0.4, 0.5) is 0 Å². The van der Waals surface area contributed by atoms with Crippen LogP contribution in [0.2, 0.25) is 0 Å². The molecule has 1 aliphatic rings. The van der Waals surface area contributed by atoms with Gasteiger partial charge in [-0.25, -0.2) is 0 Å². The van der Waals surface area contributed by atoms with Gasteiger partial charge < -0.3 is 5.11 Å². The molecule has 132 valence electrons. The zero-order chi connectivity index (χ0) is 18.1. The number of aryl methyl sites for hydroxylation is 1. The number of hydrogen-bond acceptors (Lipinski definition) is 3. The van der Waals surface area contributed by atoms with Crippen molar-refractivity contribution < 1.29 is 9.90 Å². The normalized spacial score (nSPS) is 18.9. The number of aliphatic carboxylic acids is 1. The fraction of sp³-hybridized carbons (Fsp3) is 0.273. The van der Waals surface area contributed by atoms with E-state index in [9.17, 15) is 9.90 Å². The summed E-state index contributed by atoms with van der Waals surface area (Å²) in [6.45, 7) is 2.88. The highest BCUT2D eigenvalue weighted by atomic mass is 16.4. The molecule has 0 radical (unpaired) electrons. The molecule has 2 aromatic carbocycles. The molecule has 1 saturated heterocycles.